The Morgan fingerprint density at radius 3 is 1.82 bits per heavy atom. The molecule has 3 nitrogen and oxygen atoms in total. The summed E-state index contributed by atoms with van der Waals surface area (Å²) in [7, 11) is 0.696. The molecule has 11 heavy (non-hydrogen) atoms. The summed E-state index contributed by atoms with van der Waals surface area (Å²) in [6.45, 7) is 0.454. The van der Waals surface area contributed by atoms with Crippen LogP contribution in [0.5, 0.6) is 0 Å². The van der Waals surface area contributed by atoms with Crippen LogP contribution in [0, 0.1) is 0 Å². The molecule has 6 heteroatoms. The van der Waals surface area contributed by atoms with E-state index in [2.05, 4.69) is 4.74 Å². The van der Waals surface area contributed by atoms with Crippen molar-refractivity contribution in [3.05, 3.63) is 0 Å². The largest absolute Gasteiger partial charge is 0.479 e. The lowest BCUT2D eigenvalue weighted by Crippen LogP contribution is -2.50. The van der Waals surface area contributed by atoms with Crippen LogP contribution >= 0.6 is 0 Å². The van der Waals surface area contributed by atoms with Crippen LogP contribution in [0.4, 0.5) is 13.2 Å². The molecule has 0 aliphatic heterocycles. The minimum absolute atomic E-state index is 0.454. The number of carboxylic acid groups (broad SMARTS) is 1. The molecule has 0 aliphatic rings. The van der Waals surface area contributed by atoms with Crippen molar-refractivity contribution in [3.8, 4) is 0 Å². The maximum atomic E-state index is 11.8. The summed E-state index contributed by atoms with van der Waals surface area (Å²) >= 11 is 0. The van der Waals surface area contributed by atoms with E-state index in [4.69, 9.17) is 5.11 Å². The van der Waals surface area contributed by atoms with Gasteiger partial charge in [-0.2, -0.15) is 13.2 Å². The first-order chi connectivity index (χ1) is 4.75. The topological polar surface area (TPSA) is 46.5 Å². The van der Waals surface area contributed by atoms with Gasteiger partial charge in [0.1, 0.15) is 0 Å². The zero-order chi connectivity index (χ0) is 9.28. The summed E-state index contributed by atoms with van der Waals surface area (Å²) in [6, 6.07) is 0. The minimum atomic E-state index is -4.90. The Morgan fingerprint density at radius 1 is 1.45 bits per heavy atom. The molecular formula is C5H7F3O3. The van der Waals surface area contributed by atoms with Crippen LogP contribution in [0.2, 0.25) is 0 Å². The molecule has 0 rings (SSSR count). The van der Waals surface area contributed by atoms with Gasteiger partial charge in [0.05, 0.1) is 0 Å². The first-order valence-electron chi connectivity index (χ1n) is 2.61. The highest BCUT2D eigenvalue weighted by Gasteiger charge is 2.58. The molecular weight excluding hydrogens is 165 g/mol. The molecule has 0 heterocycles. The average molecular weight is 172 g/mol. The summed E-state index contributed by atoms with van der Waals surface area (Å²) in [6.07, 6.45) is -4.90. The highest BCUT2D eigenvalue weighted by atomic mass is 19.4. The zero-order valence-corrected chi connectivity index (χ0v) is 5.90. The Bertz CT molecular complexity index is 165. The number of halogens is 3. The highest BCUT2D eigenvalue weighted by Crippen LogP contribution is 2.32. The molecule has 0 aromatic carbocycles. The predicted octanol–water partition coefficient (Wildman–Crippen LogP) is 1.04. The van der Waals surface area contributed by atoms with Crippen molar-refractivity contribution in [1.82, 2.24) is 0 Å². The van der Waals surface area contributed by atoms with E-state index >= 15 is 0 Å². The maximum Gasteiger partial charge on any atom is 0.428 e. The molecule has 0 bridgehead atoms. The van der Waals surface area contributed by atoms with Gasteiger partial charge >= 0.3 is 12.1 Å². The molecule has 1 atom stereocenters. The molecule has 0 saturated carbocycles. The van der Waals surface area contributed by atoms with Gasteiger partial charge in [-0.05, 0) is 6.92 Å². The lowest BCUT2D eigenvalue weighted by atomic mass is 10.1. The monoisotopic (exact) mass is 172 g/mol. The average Bonchev–Trinajstić information content (AvgIpc) is 1.83. The van der Waals surface area contributed by atoms with Crippen LogP contribution in [-0.2, 0) is 9.53 Å². The quantitative estimate of drug-likeness (QED) is 0.676. The van der Waals surface area contributed by atoms with Gasteiger partial charge in [-0.15, -0.1) is 0 Å². The molecule has 0 fully saturated rings. The third kappa shape index (κ3) is 1.62. The molecule has 0 aromatic rings. The van der Waals surface area contributed by atoms with E-state index in [1.54, 1.807) is 0 Å². The number of carboxylic acids is 1. The van der Waals surface area contributed by atoms with Crippen LogP contribution in [0.3, 0.4) is 0 Å². The lowest BCUT2D eigenvalue weighted by molar-refractivity contribution is -0.261. The van der Waals surface area contributed by atoms with Crippen molar-refractivity contribution in [2.75, 3.05) is 7.11 Å². The normalized spacial score (nSPS) is 17.5. The summed E-state index contributed by atoms with van der Waals surface area (Å²) in [5, 5.41) is 8.12. The minimum Gasteiger partial charge on any atom is -0.479 e. The fourth-order valence-electron chi connectivity index (χ4n) is 0.324. The SMILES string of the molecule is CO[C@@](C)(C(=O)O)C(F)(F)F. The first-order valence-corrected chi connectivity index (χ1v) is 2.61. The molecule has 0 aromatic heterocycles. The number of rotatable bonds is 2. The zero-order valence-electron chi connectivity index (χ0n) is 5.90. The molecule has 0 amide bonds. The number of carbonyl (C=O) groups is 1. The molecule has 0 aliphatic carbocycles. The van der Waals surface area contributed by atoms with Gasteiger partial charge in [0.2, 0.25) is 0 Å². The second kappa shape index (κ2) is 2.69. The summed E-state index contributed by atoms with van der Waals surface area (Å²) in [4.78, 5) is 10.1. The van der Waals surface area contributed by atoms with Gasteiger partial charge < -0.3 is 9.84 Å². The van der Waals surface area contributed by atoms with Crippen molar-refractivity contribution >= 4 is 5.97 Å². The molecule has 0 unspecified atom stereocenters. The van der Waals surface area contributed by atoms with Gasteiger partial charge in [0.25, 0.3) is 5.60 Å². The van der Waals surface area contributed by atoms with E-state index in [0.29, 0.717) is 14.0 Å². The van der Waals surface area contributed by atoms with Crippen LogP contribution in [0.1, 0.15) is 6.92 Å². The van der Waals surface area contributed by atoms with E-state index in [0.717, 1.165) is 0 Å². The predicted molar refractivity (Wildman–Crippen MR) is 29.1 cm³/mol. The number of aliphatic carboxylic acids is 1. The van der Waals surface area contributed by atoms with Crippen molar-refractivity contribution in [2.45, 2.75) is 18.7 Å². The van der Waals surface area contributed by atoms with Crippen molar-refractivity contribution in [1.29, 1.82) is 0 Å². The Morgan fingerprint density at radius 2 is 1.82 bits per heavy atom. The van der Waals surface area contributed by atoms with Crippen molar-refractivity contribution in [3.63, 3.8) is 0 Å². The Balaban J connectivity index is 4.75. The fourth-order valence-corrected chi connectivity index (χ4v) is 0.324. The van der Waals surface area contributed by atoms with Gasteiger partial charge in [-0.25, -0.2) is 4.79 Å². The number of hydrogen-bond donors (Lipinski definition) is 1. The molecule has 66 valence electrons. The fraction of sp³-hybridized carbons (Fsp3) is 0.800. The third-order valence-corrected chi connectivity index (χ3v) is 1.36. The number of alkyl halides is 3. The Labute approximate surface area is 60.8 Å². The van der Waals surface area contributed by atoms with Gasteiger partial charge in [0.15, 0.2) is 0 Å². The lowest BCUT2D eigenvalue weighted by Gasteiger charge is -2.25. The van der Waals surface area contributed by atoms with Crippen LogP contribution in [0.15, 0.2) is 0 Å². The number of methoxy groups -OCH3 is 1. The second-order valence-electron chi connectivity index (χ2n) is 2.04. The van der Waals surface area contributed by atoms with Crippen molar-refractivity contribution < 1.29 is 27.8 Å². The van der Waals surface area contributed by atoms with Gasteiger partial charge in [0, 0.05) is 7.11 Å². The van der Waals surface area contributed by atoms with Crippen LogP contribution in [-0.4, -0.2) is 30.0 Å². The first kappa shape index (κ1) is 10.2. The Kier molecular flexibility index (Phi) is 2.50. The smallest absolute Gasteiger partial charge is 0.428 e. The summed E-state index contributed by atoms with van der Waals surface area (Å²) < 4.78 is 39.4. The standard InChI is InChI=1S/C5H7F3O3/c1-4(11-2,3(9)10)5(6,7)8/h1-2H3,(H,9,10)/t4-/m0/s1. The molecule has 1 N–H and O–H groups in total. The van der Waals surface area contributed by atoms with Gasteiger partial charge in [-0.1, -0.05) is 0 Å². The second-order valence-corrected chi connectivity index (χ2v) is 2.04. The highest BCUT2D eigenvalue weighted by molar-refractivity contribution is 5.78. The van der Waals surface area contributed by atoms with Crippen LogP contribution < -0.4 is 0 Å². The molecule has 0 spiro atoms. The summed E-state index contributed by atoms with van der Waals surface area (Å²) in [5.74, 6) is -2.05. The van der Waals surface area contributed by atoms with E-state index in [1.165, 1.54) is 0 Å². The summed E-state index contributed by atoms with van der Waals surface area (Å²) in [5.41, 5.74) is -3.10. The number of ether oxygens (including phenoxy) is 1. The van der Waals surface area contributed by atoms with Gasteiger partial charge in [-0.3, -0.25) is 0 Å². The third-order valence-electron chi connectivity index (χ3n) is 1.36. The van der Waals surface area contributed by atoms with E-state index in [1.807, 2.05) is 0 Å². The van der Waals surface area contributed by atoms with E-state index < -0.39 is 17.7 Å². The van der Waals surface area contributed by atoms with E-state index in [-0.39, 0.29) is 0 Å². The maximum absolute atomic E-state index is 11.8. The van der Waals surface area contributed by atoms with E-state index in [9.17, 15) is 18.0 Å². The Hall–Kier alpha value is -0.780. The van der Waals surface area contributed by atoms with Crippen molar-refractivity contribution in [2.24, 2.45) is 0 Å². The van der Waals surface area contributed by atoms with Crippen LogP contribution in [0.25, 0.3) is 0 Å². The molecule has 0 saturated heterocycles. The molecule has 0 radical (unpaired) electrons. The number of hydrogen-bond acceptors (Lipinski definition) is 2.